The second kappa shape index (κ2) is 6.79. The van der Waals surface area contributed by atoms with Gasteiger partial charge in [0, 0.05) is 6.42 Å². The fraction of sp³-hybridized carbons (Fsp3) is 0.429. The third-order valence-electron chi connectivity index (χ3n) is 2.78. The van der Waals surface area contributed by atoms with Gasteiger partial charge in [-0.05, 0) is 30.5 Å². The van der Waals surface area contributed by atoms with Crippen molar-refractivity contribution < 1.29 is 19.4 Å². The van der Waals surface area contributed by atoms with Crippen molar-refractivity contribution in [1.82, 2.24) is 0 Å². The number of methoxy groups -OCH3 is 1. The summed E-state index contributed by atoms with van der Waals surface area (Å²) in [6, 6.07) is 7.10. The summed E-state index contributed by atoms with van der Waals surface area (Å²) >= 11 is 0. The maximum absolute atomic E-state index is 11.7. The highest BCUT2D eigenvalue weighted by molar-refractivity contribution is 5.98. The molecular formula is C14H18O4. The number of rotatable bonds is 7. The molecule has 0 aromatic heterocycles. The van der Waals surface area contributed by atoms with Gasteiger partial charge in [-0.2, -0.15) is 0 Å². The first-order valence-electron chi connectivity index (χ1n) is 5.97. The van der Waals surface area contributed by atoms with Crippen molar-refractivity contribution >= 4 is 11.8 Å². The van der Waals surface area contributed by atoms with E-state index in [9.17, 15) is 9.59 Å². The van der Waals surface area contributed by atoms with Crippen LogP contribution in [0.3, 0.4) is 0 Å². The van der Waals surface area contributed by atoms with E-state index in [4.69, 9.17) is 9.84 Å². The fourth-order valence-electron chi connectivity index (χ4n) is 1.76. The first kappa shape index (κ1) is 14.2. The molecule has 0 aliphatic carbocycles. The standard InChI is InChI=1S/C14H18O4/c1-3-4-13(15)12(14(16)17)9-10-5-7-11(18-2)8-6-10/h5-8,12H,3-4,9H2,1-2H3,(H,16,17). The smallest absolute Gasteiger partial charge is 0.314 e. The molecule has 0 heterocycles. The van der Waals surface area contributed by atoms with Gasteiger partial charge in [0.1, 0.15) is 17.5 Å². The van der Waals surface area contributed by atoms with Crippen LogP contribution in [0.2, 0.25) is 0 Å². The Hall–Kier alpha value is -1.84. The maximum atomic E-state index is 11.7. The number of aliphatic carboxylic acids is 1. The van der Waals surface area contributed by atoms with Crippen molar-refractivity contribution in [2.75, 3.05) is 7.11 Å². The van der Waals surface area contributed by atoms with Crippen molar-refractivity contribution in [3.63, 3.8) is 0 Å². The van der Waals surface area contributed by atoms with Gasteiger partial charge in [0.15, 0.2) is 0 Å². The van der Waals surface area contributed by atoms with E-state index in [-0.39, 0.29) is 12.2 Å². The number of hydrogen-bond donors (Lipinski definition) is 1. The van der Waals surface area contributed by atoms with Gasteiger partial charge in [0.25, 0.3) is 0 Å². The Balaban J connectivity index is 2.76. The van der Waals surface area contributed by atoms with Gasteiger partial charge in [0.2, 0.25) is 0 Å². The van der Waals surface area contributed by atoms with E-state index < -0.39 is 11.9 Å². The van der Waals surface area contributed by atoms with Crippen LogP contribution in [-0.2, 0) is 16.0 Å². The van der Waals surface area contributed by atoms with Gasteiger partial charge in [-0.3, -0.25) is 9.59 Å². The molecule has 1 rings (SSSR count). The lowest BCUT2D eigenvalue weighted by molar-refractivity contribution is -0.146. The predicted molar refractivity (Wildman–Crippen MR) is 67.7 cm³/mol. The molecule has 1 unspecified atom stereocenters. The Morgan fingerprint density at radius 3 is 2.33 bits per heavy atom. The van der Waals surface area contributed by atoms with Crippen LogP contribution >= 0.6 is 0 Å². The molecule has 1 N–H and O–H groups in total. The Labute approximate surface area is 107 Å². The second-order valence-corrected chi connectivity index (χ2v) is 4.16. The molecule has 4 heteroatoms. The summed E-state index contributed by atoms with van der Waals surface area (Å²) in [5.41, 5.74) is 0.827. The first-order valence-corrected chi connectivity index (χ1v) is 5.97. The normalized spacial score (nSPS) is 11.9. The van der Waals surface area contributed by atoms with E-state index in [2.05, 4.69) is 0 Å². The minimum Gasteiger partial charge on any atom is -0.497 e. The zero-order valence-electron chi connectivity index (χ0n) is 10.7. The SMILES string of the molecule is CCCC(=O)C(Cc1ccc(OC)cc1)C(=O)O. The molecule has 0 aliphatic rings. The van der Waals surface area contributed by atoms with Gasteiger partial charge in [-0.1, -0.05) is 19.1 Å². The van der Waals surface area contributed by atoms with E-state index in [1.807, 2.05) is 6.92 Å². The molecule has 0 amide bonds. The second-order valence-electron chi connectivity index (χ2n) is 4.16. The van der Waals surface area contributed by atoms with Crippen molar-refractivity contribution in [3.05, 3.63) is 29.8 Å². The highest BCUT2D eigenvalue weighted by Gasteiger charge is 2.25. The largest absolute Gasteiger partial charge is 0.497 e. The Kier molecular flexibility index (Phi) is 5.36. The van der Waals surface area contributed by atoms with Crippen molar-refractivity contribution in [1.29, 1.82) is 0 Å². The summed E-state index contributed by atoms with van der Waals surface area (Å²) in [6.07, 6.45) is 1.22. The van der Waals surface area contributed by atoms with Gasteiger partial charge in [-0.25, -0.2) is 0 Å². The molecule has 1 aromatic carbocycles. The molecule has 18 heavy (non-hydrogen) atoms. The van der Waals surface area contributed by atoms with Crippen LogP contribution in [0.1, 0.15) is 25.3 Å². The number of benzene rings is 1. The summed E-state index contributed by atoms with van der Waals surface area (Å²) < 4.78 is 5.02. The first-order chi connectivity index (χ1) is 8.58. The van der Waals surface area contributed by atoms with Gasteiger partial charge >= 0.3 is 5.97 Å². The summed E-state index contributed by atoms with van der Waals surface area (Å²) in [7, 11) is 1.57. The average Bonchev–Trinajstić information content (AvgIpc) is 2.36. The van der Waals surface area contributed by atoms with Crippen LogP contribution in [0, 0.1) is 5.92 Å². The number of carboxylic acid groups (broad SMARTS) is 1. The third kappa shape index (κ3) is 3.87. The number of ether oxygens (including phenoxy) is 1. The van der Waals surface area contributed by atoms with Crippen LogP contribution in [0.5, 0.6) is 5.75 Å². The lowest BCUT2D eigenvalue weighted by Crippen LogP contribution is -2.25. The van der Waals surface area contributed by atoms with Crippen molar-refractivity contribution in [2.45, 2.75) is 26.2 Å². The lowest BCUT2D eigenvalue weighted by Gasteiger charge is -2.11. The van der Waals surface area contributed by atoms with Crippen molar-refractivity contribution in [2.24, 2.45) is 5.92 Å². The number of hydrogen-bond acceptors (Lipinski definition) is 3. The topological polar surface area (TPSA) is 63.6 Å². The summed E-state index contributed by atoms with van der Waals surface area (Å²) in [6.45, 7) is 1.87. The average molecular weight is 250 g/mol. The minimum absolute atomic E-state index is 0.208. The van der Waals surface area contributed by atoms with E-state index in [1.165, 1.54) is 0 Å². The molecule has 0 aliphatic heterocycles. The van der Waals surface area contributed by atoms with Crippen LogP contribution < -0.4 is 4.74 Å². The van der Waals surface area contributed by atoms with Crippen LogP contribution in [0.25, 0.3) is 0 Å². The summed E-state index contributed by atoms with van der Waals surface area (Å²) in [4.78, 5) is 22.8. The number of carbonyl (C=O) groups excluding carboxylic acids is 1. The quantitative estimate of drug-likeness (QED) is 0.754. The summed E-state index contributed by atoms with van der Waals surface area (Å²) in [5.74, 6) is -1.49. The molecule has 0 saturated heterocycles. The zero-order valence-corrected chi connectivity index (χ0v) is 10.7. The molecule has 0 saturated carbocycles. The number of Topliss-reactive ketones (excluding diaryl/α,β-unsaturated/α-hetero) is 1. The summed E-state index contributed by atoms with van der Waals surface area (Å²) in [5, 5.41) is 9.09. The van der Waals surface area contributed by atoms with E-state index >= 15 is 0 Å². The van der Waals surface area contributed by atoms with Crippen LogP contribution in [-0.4, -0.2) is 24.0 Å². The molecule has 0 spiro atoms. The molecule has 0 bridgehead atoms. The predicted octanol–water partition coefficient (Wildman–Crippen LogP) is 2.31. The number of carboxylic acids is 1. The van der Waals surface area contributed by atoms with Crippen molar-refractivity contribution in [3.8, 4) is 5.75 Å². The molecule has 1 aromatic rings. The lowest BCUT2D eigenvalue weighted by atomic mass is 9.93. The van der Waals surface area contributed by atoms with Gasteiger partial charge < -0.3 is 9.84 Å². The maximum Gasteiger partial charge on any atom is 0.314 e. The number of carbonyl (C=O) groups is 2. The molecule has 1 atom stereocenters. The van der Waals surface area contributed by atoms with Gasteiger partial charge in [0.05, 0.1) is 7.11 Å². The minimum atomic E-state index is -1.05. The van der Waals surface area contributed by atoms with Crippen LogP contribution in [0.4, 0.5) is 0 Å². The molecule has 4 nitrogen and oxygen atoms in total. The molecule has 0 radical (unpaired) electrons. The van der Waals surface area contributed by atoms with E-state index in [0.29, 0.717) is 18.6 Å². The molecule has 0 fully saturated rings. The Bertz CT molecular complexity index is 408. The van der Waals surface area contributed by atoms with Gasteiger partial charge in [-0.15, -0.1) is 0 Å². The third-order valence-corrected chi connectivity index (χ3v) is 2.78. The van der Waals surface area contributed by atoms with E-state index in [1.54, 1.807) is 31.4 Å². The highest BCUT2D eigenvalue weighted by Crippen LogP contribution is 2.16. The fourth-order valence-corrected chi connectivity index (χ4v) is 1.76. The molecule has 98 valence electrons. The monoisotopic (exact) mass is 250 g/mol. The van der Waals surface area contributed by atoms with E-state index in [0.717, 1.165) is 5.56 Å². The zero-order chi connectivity index (χ0) is 13.5. The highest BCUT2D eigenvalue weighted by atomic mass is 16.5. The Morgan fingerprint density at radius 2 is 1.89 bits per heavy atom. The molecular weight excluding hydrogens is 232 g/mol. The number of ketones is 1. The Morgan fingerprint density at radius 1 is 1.28 bits per heavy atom. The van der Waals surface area contributed by atoms with Crippen LogP contribution in [0.15, 0.2) is 24.3 Å².